The molecule has 0 spiro atoms. The molecule has 0 aromatic carbocycles. The van der Waals surface area contributed by atoms with Crippen LogP contribution < -0.4 is 16.4 Å². The monoisotopic (exact) mass is 362 g/mol. The summed E-state index contributed by atoms with van der Waals surface area (Å²) in [6, 6.07) is -1.19. The number of carbonyl (C=O) groups is 2. The number of carbonyl (C=O) groups excluding carboxylic acids is 2. The van der Waals surface area contributed by atoms with Crippen molar-refractivity contribution in [3.8, 4) is 0 Å². The smallest absolute Gasteiger partial charge is 0.268 e. The summed E-state index contributed by atoms with van der Waals surface area (Å²) in [5, 5.41) is 22.3. The first-order chi connectivity index (χ1) is 12.5. The van der Waals surface area contributed by atoms with Gasteiger partial charge in [-0.3, -0.25) is 9.59 Å². The third-order valence-corrected chi connectivity index (χ3v) is 4.53. The molecule has 2 aliphatic rings. The van der Waals surface area contributed by atoms with E-state index in [0.717, 1.165) is 12.8 Å². The zero-order valence-corrected chi connectivity index (χ0v) is 14.9. The molecule has 0 radical (unpaired) electrons. The Morgan fingerprint density at radius 1 is 1.38 bits per heavy atom. The van der Waals surface area contributed by atoms with Gasteiger partial charge in [0.1, 0.15) is 17.5 Å². The van der Waals surface area contributed by atoms with E-state index in [4.69, 9.17) is 21.0 Å². The number of rotatable bonds is 8. The predicted molar refractivity (Wildman–Crippen MR) is 97.2 cm³/mol. The lowest BCUT2D eigenvalue weighted by Gasteiger charge is -2.19. The van der Waals surface area contributed by atoms with E-state index in [1.54, 1.807) is 25.3 Å². The number of amides is 2. The third-order valence-electron chi connectivity index (χ3n) is 4.53. The number of aliphatic hydroxyl groups excluding tert-OH is 1. The zero-order chi connectivity index (χ0) is 19.1. The Balaban J connectivity index is 2.15. The van der Waals surface area contributed by atoms with Gasteiger partial charge in [0.2, 0.25) is 5.91 Å². The molecule has 26 heavy (non-hydrogen) atoms. The fourth-order valence-electron chi connectivity index (χ4n) is 3.02. The van der Waals surface area contributed by atoms with Crippen LogP contribution in [0.4, 0.5) is 0 Å². The van der Waals surface area contributed by atoms with E-state index < -0.39 is 24.5 Å². The highest BCUT2D eigenvalue weighted by Crippen LogP contribution is 2.26. The zero-order valence-electron chi connectivity index (χ0n) is 14.9. The van der Waals surface area contributed by atoms with Crippen LogP contribution in [0.5, 0.6) is 0 Å². The lowest BCUT2D eigenvalue weighted by molar-refractivity contribution is -0.126. The Labute approximate surface area is 152 Å². The molecule has 0 heterocycles. The van der Waals surface area contributed by atoms with Gasteiger partial charge in [0.15, 0.2) is 0 Å². The molecule has 0 unspecified atom stereocenters. The Bertz CT molecular complexity index is 660. The van der Waals surface area contributed by atoms with Crippen LogP contribution in [0.25, 0.3) is 0 Å². The highest BCUT2D eigenvalue weighted by atomic mass is 16.5. The molecule has 2 rings (SSSR count). The minimum absolute atomic E-state index is 0.0982. The first kappa shape index (κ1) is 19.7. The van der Waals surface area contributed by atoms with Crippen molar-refractivity contribution in [2.75, 3.05) is 20.3 Å². The van der Waals surface area contributed by atoms with E-state index >= 15 is 0 Å². The maximum atomic E-state index is 12.4. The van der Waals surface area contributed by atoms with E-state index in [1.165, 1.54) is 12.8 Å². The number of nitrogens with one attached hydrogen (secondary N) is 3. The topological polar surface area (TPSA) is 138 Å². The summed E-state index contributed by atoms with van der Waals surface area (Å²) < 4.78 is 5.83. The minimum Gasteiger partial charge on any atom is -0.493 e. The Hall–Kier alpha value is -2.61. The van der Waals surface area contributed by atoms with Crippen molar-refractivity contribution in [2.45, 2.75) is 31.7 Å². The van der Waals surface area contributed by atoms with Gasteiger partial charge in [-0.1, -0.05) is 12.8 Å². The van der Waals surface area contributed by atoms with Crippen LogP contribution in [0.2, 0.25) is 0 Å². The van der Waals surface area contributed by atoms with Crippen LogP contribution >= 0.6 is 0 Å². The molecule has 1 saturated carbocycles. The summed E-state index contributed by atoms with van der Waals surface area (Å²) in [6.07, 6.45) is 9.67. The van der Waals surface area contributed by atoms with Crippen LogP contribution in [0.1, 0.15) is 25.7 Å². The van der Waals surface area contributed by atoms with Gasteiger partial charge in [0, 0.05) is 12.6 Å². The number of primary amides is 1. The van der Waals surface area contributed by atoms with E-state index in [0.29, 0.717) is 23.9 Å². The minimum atomic E-state index is -1.19. The van der Waals surface area contributed by atoms with Gasteiger partial charge in [-0.2, -0.15) is 0 Å². The number of hydrogen-bond donors (Lipinski definition) is 5. The summed E-state index contributed by atoms with van der Waals surface area (Å²) in [5.41, 5.74) is 5.71. The fourth-order valence-corrected chi connectivity index (χ4v) is 3.02. The van der Waals surface area contributed by atoms with Crippen LogP contribution in [0, 0.1) is 11.3 Å². The highest BCUT2D eigenvalue weighted by Gasteiger charge is 2.23. The largest absolute Gasteiger partial charge is 0.493 e. The average Bonchev–Trinajstić information content (AvgIpc) is 3.14. The number of likely N-dealkylation sites (N-methyl/N-ethyl adjacent to an activating group) is 1. The first-order valence-corrected chi connectivity index (χ1v) is 8.70. The Kier molecular flexibility index (Phi) is 6.97. The van der Waals surface area contributed by atoms with Gasteiger partial charge in [-0.15, -0.1) is 0 Å². The maximum Gasteiger partial charge on any atom is 0.268 e. The fraction of sp³-hybridized carbons (Fsp3) is 0.500. The van der Waals surface area contributed by atoms with Gasteiger partial charge in [-0.25, -0.2) is 0 Å². The number of hydrogen-bond acceptors (Lipinski definition) is 6. The van der Waals surface area contributed by atoms with Gasteiger partial charge in [0.05, 0.1) is 18.9 Å². The summed E-state index contributed by atoms with van der Waals surface area (Å²) in [5.74, 6) is -0.342. The van der Waals surface area contributed by atoms with E-state index in [9.17, 15) is 9.59 Å². The van der Waals surface area contributed by atoms with Crippen molar-refractivity contribution in [3.05, 3.63) is 35.3 Å². The second-order valence-electron chi connectivity index (χ2n) is 6.40. The second kappa shape index (κ2) is 9.19. The quantitative estimate of drug-likeness (QED) is 0.390. The van der Waals surface area contributed by atoms with Gasteiger partial charge in [0.25, 0.3) is 5.91 Å². The second-order valence-corrected chi connectivity index (χ2v) is 6.40. The number of nitrogens with two attached hydrogens (primary N) is 1. The summed E-state index contributed by atoms with van der Waals surface area (Å²) in [4.78, 5) is 23.6. The molecule has 6 N–H and O–H groups in total. The van der Waals surface area contributed by atoms with Crippen LogP contribution in [-0.2, 0) is 14.3 Å². The SMILES string of the molecule is CN/C(C(=O)N[C@@H](CO)C(N)=O)=C1/C=C(OCC2CCCC2)C=CC1=N. The molecule has 0 aromatic rings. The first-order valence-electron chi connectivity index (χ1n) is 8.70. The maximum absolute atomic E-state index is 12.4. The number of aliphatic hydroxyl groups is 1. The van der Waals surface area contributed by atoms with Gasteiger partial charge in [-0.05, 0) is 37.0 Å². The number of allylic oxidation sites excluding steroid dienone is 4. The average molecular weight is 362 g/mol. The van der Waals surface area contributed by atoms with Crippen molar-refractivity contribution >= 4 is 17.5 Å². The van der Waals surface area contributed by atoms with Crippen molar-refractivity contribution in [2.24, 2.45) is 11.7 Å². The van der Waals surface area contributed by atoms with E-state index in [1.807, 2.05) is 0 Å². The molecule has 0 aliphatic heterocycles. The van der Waals surface area contributed by atoms with Crippen molar-refractivity contribution in [1.29, 1.82) is 5.41 Å². The van der Waals surface area contributed by atoms with Gasteiger partial charge < -0.3 is 31.6 Å². The molecule has 1 fully saturated rings. The molecule has 0 aromatic heterocycles. The van der Waals surface area contributed by atoms with E-state index in [-0.39, 0.29) is 11.4 Å². The standard InChI is InChI=1S/C18H26N4O4/c1-21-16(18(25)22-15(9-23)17(20)24)13-8-12(6-7-14(13)19)26-10-11-4-2-3-5-11/h6-8,11,15,19,21,23H,2-5,9-10H2,1H3,(H2,20,24)(H,22,25)/b16-13-,19-14?/t15-/m0/s1. The van der Waals surface area contributed by atoms with Crippen molar-refractivity contribution in [1.82, 2.24) is 10.6 Å². The van der Waals surface area contributed by atoms with Gasteiger partial charge >= 0.3 is 0 Å². The lowest BCUT2D eigenvalue weighted by atomic mass is 10.0. The summed E-state index contributed by atoms with van der Waals surface area (Å²) >= 11 is 0. The Morgan fingerprint density at radius 2 is 2.08 bits per heavy atom. The van der Waals surface area contributed by atoms with Crippen LogP contribution in [-0.4, -0.2) is 48.9 Å². The molecule has 1 atom stereocenters. The van der Waals surface area contributed by atoms with E-state index in [2.05, 4.69) is 10.6 Å². The predicted octanol–water partition coefficient (Wildman–Crippen LogP) is 0.103. The van der Waals surface area contributed by atoms with Crippen LogP contribution in [0.15, 0.2) is 35.3 Å². The molecule has 142 valence electrons. The molecule has 8 nitrogen and oxygen atoms in total. The molecule has 0 bridgehead atoms. The van der Waals surface area contributed by atoms with Crippen molar-refractivity contribution < 1.29 is 19.4 Å². The normalized spacial score (nSPS) is 20.4. The molecule has 8 heteroatoms. The summed E-state index contributed by atoms with van der Waals surface area (Å²) in [7, 11) is 1.54. The molecule has 2 aliphatic carbocycles. The molecule has 0 saturated heterocycles. The highest BCUT2D eigenvalue weighted by molar-refractivity contribution is 6.14. The molecule has 2 amide bonds. The third kappa shape index (κ3) is 4.95. The van der Waals surface area contributed by atoms with Crippen molar-refractivity contribution in [3.63, 3.8) is 0 Å². The lowest BCUT2D eigenvalue weighted by Crippen LogP contribution is -2.48. The molecular formula is C18H26N4O4. The molecular weight excluding hydrogens is 336 g/mol. The van der Waals surface area contributed by atoms with Crippen LogP contribution in [0.3, 0.4) is 0 Å². The Morgan fingerprint density at radius 3 is 2.65 bits per heavy atom. The summed E-state index contributed by atoms with van der Waals surface area (Å²) in [6.45, 7) is 0.0163. The number of ether oxygens (including phenoxy) is 1.